The Balaban J connectivity index is 2.86. The Kier molecular flexibility index (Phi) is 5.39. The van der Waals surface area contributed by atoms with Crippen LogP contribution in [0.2, 0.25) is 0 Å². The van der Waals surface area contributed by atoms with Gasteiger partial charge < -0.3 is 15.2 Å². The first kappa shape index (κ1) is 17.5. The molecular formula is C15H20BrNO4. The third kappa shape index (κ3) is 5.75. The summed E-state index contributed by atoms with van der Waals surface area (Å²) in [6.07, 6.45) is -0.584. The fourth-order valence-corrected chi connectivity index (χ4v) is 1.98. The van der Waals surface area contributed by atoms with Crippen molar-refractivity contribution in [2.75, 3.05) is 0 Å². The summed E-state index contributed by atoms with van der Waals surface area (Å²) >= 11 is 3.32. The molecule has 0 aliphatic rings. The van der Waals surface area contributed by atoms with Gasteiger partial charge >= 0.3 is 12.1 Å². The number of carboxylic acid groups (broad SMARTS) is 1. The standard InChI is InChI=1S/C15H20BrNO4/c1-14(2,3)21-13(20)17-15(4,12(18)19)9-10-5-7-11(16)8-6-10/h5-8H,9H2,1-4H3,(H,17,20)(H,18,19)/t15-/m1/s1. The van der Waals surface area contributed by atoms with E-state index in [9.17, 15) is 14.7 Å². The summed E-state index contributed by atoms with van der Waals surface area (Å²) in [5, 5.41) is 11.9. The predicted molar refractivity (Wildman–Crippen MR) is 83.3 cm³/mol. The van der Waals surface area contributed by atoms with Crippen LogP contribution >= 0.6 is 15.9 Å². The minimum atomic E-state index is -1.43. The second kappa shape index (κ2) is 6.47. The SMILES string of the molecule is CC(C)(C)OC(=O)N[C@](C)(Cc1ccc(Br)cc1)C(=O)O. The number of alkyl carbamates (subject to hydrolysis) is 1. The number of hydrogen-bond donors (Lipinski definition) is 2. The maximum absolute atomic E-state index is 11.8. The van der Waals surface area contributed by atoms with E-state index in [2.05, 4.69) is 21.2 Å². The van der Waals surface area contributed by atoms with Gasteiger partial charge in [-0.2, -0.15) is 0 Å². The van der Waals surface area contributed by atoms with E-state index in [1.165, 1.54) is 6.92 Å². The number of hydrogen-bond acceptors (Lipinski definition) is 3. The first-order valence-electron chi connectivity index (χ1n) is 6.51. The molecule has 6 heteroatoms. The maximum Gasteiger partial charge on any atom is 0.408 e. The van der Waals surface area contributed by atoms with Gasteiger partial charge in [-0.1, -0.05) is 28.1 Å². The zero-order chi connectivity index (χ0) is 16.3. The van der Waals surface area contributed by atoms with Crippen LogP contribution in [0.25, 0.3) is 0 Å². The van der Waals surface area contributed by atoms with E-state index in [4.69, 9.17) is 4.74 Å². The second-order valence-corrected chi connectivity index (χ2v) is 6.98. The molecule has 0 bridgehead atoms. The van der Waals surface area contributed by atoms with Gasteiger partial charge in [-0.25, -0.2) is 9.59 Å². The predicted octanol–water partition coefficient (Wildman–Crippen LogP) is 3.36. The summed E-state index contributed by atoms with van der Waals surface area (Å²) in [5.41, 5.74) is -1.31. The first-order valence-corrected chi connectivity index (χ1v) is 7.30. The number of carboxylic acids is 1. The molecule has 1 atom stereocenters. The number of aliphatic carboxylic acids is 1. The molecule has 116 valence electrons. The van der Waals surface area contributed by atoms with Gasteiger partial charge in [0.2, 0.25) is 0 Å². The molecule has 0 heterocycles. The molecule has 0 aliphatic heterocycles. The van der Waals surface area contributed by atoms with Gasteiger partial charge in [-0.3, -0.25) is 0 Å². The van der Waals surface area contributed by atoms with Crippen molar-refractivity contribution in [3.05, 3.63) is 34.3 Å². The number of amides is 1. The Morgan fingerprint density at radius 3 is 2.14 bits per heavy atom. The minimum Gasteiger partial charge on any atom is -0.480 e. The number of ether oxygens (including phenoxy) is 1. The topological polar surface area (TPSA) is 75.6 Å². The van der Waals surface area contributed by atoms with Gasteiger partial charge in [0.1, 0.15) is 11.1 Å². The second-order valence-electron chi connectivity index (χ2n) is 6.07. The van der Waals surface area contributed by atoms with Crippen molar-refractivity contribution in [2.45, 2.75) is 45.3 Å². The number of halogens is 1. The average molecular weight is 358 g/mol. The molecule has 21 heavy (non-hydrogen) atoms. The van der Waals surface area contributed by atoms with Crippen molar-refractivity contribution in [2.24, 2.45) is 0 Å². The van der Waals surface area contributed by atoms with E-state index >= 15 is 0 Å². The van der Waals surface area contributed by atoms with E-state index in [0.717, 1.165) is 10.0 Å². The van der Waals surface area contributed by atoms with Gasteiger partial charge in [0.05, 0.1) is 0 Å². The van der Waals surface area contributed by atoms with Crippen LogP contribution in [0.4, 0.5) is 4.79 Å². The summed E-state index contributed by atoms with van der Waals surface area (Å²) < 4.78 is 6.03. The Labute approximate surface area is 132 Å². The highest BCUT2D eigenvalue weighted by molar-refractivity contribution is 9.10. The van der Waals surface area contributed by atoms with Crippen LogP contribution in [0.1, 0.15) is 33.3 Å². The van der Waals surface area contributed by atoms with E-state index in [1.54, 1.807) is 20.8 Å². The summed E-state index contributed by atoms with van der Waals surface area (Å²) in [4.78, 5) is 23.3. The normalized spacial score (nSPS) is 14.1. The lowest BCUT2D eigenvalue weighted by molar-refractivity contribution is -0.144. The highest BCUT2D eigenvalue weighted by Gasteiger charge is 2.36. The first-order chi connectivity index (χ1) is 9.52. The Morgan fingerprint density at radius 1 is 1.19 bits per heavy atom. The Morgan fingerprint density at radius 2 is 1.71 bits per heavy atom. The lowest BCUT2D eigenvalue weighted by Gasteiger charge is -2.28. The highest BCUT2D eigenvalue weighted by Crippen LogP contribution is 2.18. The number of nitrogens with one attached hydrogen (secondary N) is 1. The number of rotatable bonds is 4. The lowest BCUT2D eigenvalue weighted by atomic mass is 9.93. The van der Waals surface area contributed by atoms with Gasteiger partial charge in [-0.15, -0.1) is 0 Å². The fraction of sp³-hybridized carbons (Fsp3) is 0.467. The van der Waals surface area contributed by atoms with Crippen molar-refractivity contribution in [1.29, 1.82) is 0 Å². The molecule has 0 radical (unpaired) electrons. The summed E-state index contributed by atoms with van der Waals surface area (Å²) in [6, 6.07) is 7.26. The zero-order valence-corrected chi connectivity index (χ0v) is 14.2. The molecule has 5 nitrogen and oxygen atoms in total. The maximum atomic E-state index is 11.8. The van der Waals surface area contributed by atoms with Crippen molar-refractivity contribution in [1.82, 2.24) is 5.32 Å². The molecule has 0 fully saturated rings. The zero-order valence-electron chi connectivity index (χ0n) is 12.6. The monoisotopic (exact) mass is 357 g/mol. The van der Waals surface area contributed by atoms with Crippen LogP contribution in [0.5, 0.6) is 0 Å². The molecule has 0 saturated carbocycles. The molecule has 1 aromatic carbocycles. The van der Waals surface area contributed by atoms with Gasteiger partial charge in [0, 0.05) is 10.9 Å². The number of benzene rings is 1. The third-order valence-electron chi connectivity index (χ3n) is 2.72. The van der Waals surface area contributed by atoms with E-state index in [0.29, 0.717) is 0 Å². The van der Waals surface area contributed by atoms with Crippen LogP contribution in [0.15, 0.2) is 28.7 Å². The van der Waals surface area contributed by atoms with Crippen molar-refractivity contribution in [3.63, 3.8) is 0 Å². The van der Waals surface area contributed by atoms with Crippen LogP contribution in [0, 0.1) is 0 Å². The van der Waals surface area contributed by atoms with Crippen LogP contribution < -0.4 is 5.32 Å². The van der Waals surface area contributed by atoms with E-state index in [-0.39, 0.29) is 6.42 Å². The van der Waals surface area contributed by atoms with E-state index < -0.39 is 23.2 Å². The summed E-state index contributed by atoms with van der Waals surface area (Å²) in [7, 11) is 0. The molecular weight excluding hydrogens is 338 g/mol. The van der Waals surface area contributed by atoms with Crippen LogP contribution in [0.3, 0.4) is 0 Å². The molecule has 0 spiro atoms. The Bertz CT molecular complexity index is 521. The Hall–Kier alpha value is -1.56. The van der Waals surface area contributed by atoms with Crippen LogP contribution in [-0.4, -0.2) is 28.3 Å². The van der Waals surface area contributed by atoms with Gasteiger partial charge in [0.25, 0.3) is 0 Å². The third-order valence-corrected chi connectivity index (χ3v) is 3.25. The smallest absolute Gasteiger partial charge is 0.408 e. The highest BCUT2D eigenvalue weighted by atomic mass is 79.9. The summed E-state index contributed by atoms with van der Waals surface area (Å²) in [6.45, 7) is 6.62. The summed E-state index contributed by atoms with van der Waals surface area (Å²) in [5.74, 6) is -1.11. The molecule has 0 aromatic heterocycles. The molecule has 1 rings (SSSR count). The van der Waals surface area contributed by atoms with Gasteiger partial charge in [-0.05, 0) is 45.4 Å². The molecule has 0 aliphatic carbocycles. The average Bonchev–Trinajstić information content (AvgIpc) is 2.29. The largest absolute Gasteiger partial charge is 0.480 e. The lowest BCUT2D eigenvalue weighted by Crippen LogP contribution is -2.54. The van der Waals surface area contributed by atoms with Crippen molar-refractivity contribution in [3.8, 4) is 0 Å². The van der Waals surface area contributed by atoms with E-state index in [1.807, 2.05) is 24.3 Å². The molecule has 0 saturated heterocycles. The number of carbonyl (C=O) groups is 2. The van der Waals surface area contributed by atoms with Gasteiger partial charge in [0.15, 0.2) is 0 Å². The molecule has 1 amide bonds. The fourth-order valence-electron chi connectivity index (χ4n) is 1.71. The molecule has 0 unspecified atom stereocenters. The van der Waals surface area contributed by atoms with Crippen LogP contribution in [-0.2, 0) is 16.0 Å². The number of carbonyl (C=O) groups excluding carboxylic acids is 1. The minimum absolute atomic E-state index is 0.162. The molecule has 2 N–H and O–H groups in total. The molecule has 1 aromatic rings. The van der Waals surface area contributed by atoms with Crippen molar-refractivity contribution < 1.29 is 19.4 Å². The quantitative estimate of drug-likeness (QED) is 0.866. The van der Waals surface area contributed by atoms with Crippen molar-refractivity contribution >= 4 is 28.0 Å².